The molecule has 0 radical (unpaired) electrons. The molecule has 0 spiro atoms. The molecule has 0 amide bonds. The summed E-state index contributed by atoms with van der Waals surface area (Å²) >= 11 is 0. The molecule has 0 aromatic rings. The Morgan fingerprint density at radius 3 is 1.73 bits per heavy atom. The lowest BCUT2D eigenvalue weighted by molar-refractivity contribution is -0.157. The maximum absolute atomic E-state index is 11.6. The van der Waals surface area contributed by atoms with E-state index in [1.165, 1.54) is 4.90 Å². The Balaban J connectivity index is 2.89. The molecule has 0 aliphatic carbocycles. The van der Waals surface area contributed by atoms with Crippen molar-refractivity contribution in [2.24, 2.45) is 0 Å². The van der Waals surface area contributed by atoms with Gasteiger partial charge in [0, 0.05) is 65.4 Å². The van der Waals surface area contributed by atoms with Gasteiger partial charge in [0.2, 0.25) is 12.1 Å². The summed E-state index contributed by atoms with van der Waals surface area (Å²) in [6, 6.07) is -3.59. The van der Waals surface area contributed by atoms with Gasteiger partial charge in [-0.3, -0.25) is 24.8 Å². The summed E-state index contributed by atoms with van der Waals surface area (Å²) in [5, 5.41) is 51.3. The van der Waals surface area contributed by atoms with Crippen LogP contribution in [0.3, 0.4) is 0 Å². The van der Waals surface area contributed by atoms with E-state index in [0.717, 1.165) is 0 Å². The van der Waals surface area contributed by atoms with Crippen molar-refractivity contribution >= 4 is 29.8 Å². The third-order valence-corrected chi connectivity index (χ3v) is 5.08. The average Bonchev–Trinajstić information content (AvgIpc) is 2.68. The van der Waals surface area contributed by atoms with E-state index < -0.39 is 41.9 Å². The van der Waals surface area contributed by atoms with Gasteiger partial charge in [-0.15, -0.1) is 0 Å². The van der Waals surface area contributed by atoms with Gasteiger partial charge in [0.05, 0.1) is 6.54 Å². The minimum atomic E-state index is -1.82. The normalized spacial score (nSPS) is 17.9. The second kappa shape index (κ2) is 14.3. The van der Waals surface area contributed by atoms with E-state index >= 15 is 0 Å². The third-order valence-electron chi connectivity index (χ3n) is 5.08. The summed E-state index contributed by atoms with van der Waals surface area (Å²) in [7, 11) is 0. The van der Waals surface area contributed by atoms with Crippen molar-refractivity contribution in [2.45, 2.75) is 12.1 Å². The van der Waals surface area contributed by atoms with E-state index in [1.807, 2.05) is 4.90 Å². The highest BCUT2D eigenvalue weighted by Crippen LogP contribution is 2.04. The van der Waals surface area contributed by atoms with Crippen LogP contribution in [0.1, 0.15) is 0 Å². The summed E-state index contributed by atoms with van der Waals surface area (Å²) in [6.07, 6.45) is 0. The number of nitrogens with one attached hydrogen (secondary N) is 2. The first-order valence-corrected chi connectivity index (χ1v) is 10.3. The summed E-state index contributed by atoms with van der Waals surface area (Å²) in [4.78, 5) is 60.8. The van der Waals surface area contributed by atoms with Crippen LogP contribution in [0.2, 0.25) is 0 Å². The smallest absolute Gasteiger partial charge is 0.332 e. The molecule has 15 nitrogen and oxygen atoms in total. The van der Waals surface area contributed by atoms with Crippen LogP contribution in [0.15, 0.2) is 0 Å². The molecule has 1 saturated heterocycles. The number of carbonyl (C=O) groups is 5. The molecule has 7 N–H and O–H groups in total. The monoisotopic (exact) mass is 477 g/mol. The van der Waals surface area contributed by atoms with Gasteiger partial charge in [-0.2, -0.15) is 0 Å². The highest BCUT2D eigenvalue weighted by atomic mass is 16.4. The summed E-state index contributed by atoms with van der Waals surface area (Å²) in [6.45, 7) is 2.11. The third kappa shape index (κ3) is 10.5. The predicted molar refractivity (Wildman–Crippen MR) is 111 cm³/mol. The first-order valence-electron chi connectivity index (χ1n) is 10.3. The molecule has 188 valence electrons. The number of carboxylic acid groups (broad SMARTS) is 5. The van der Waals surface area contributed by atoms with E-state index in [1.54, 1.807) is 4.90 Å². The number of hydrogen-bond acceptors (Lipinski definition) is 10. The van der Waals surface area contributed by atoms with Gasteiger partial charge in [-0.25, -0.2) is 19.2 Å². The van der Waals surface area contributed by atoms with Gasteiger partial charge in [0.25, 0.3) is 0 Å². The number of nitrogens with zero attached hydrogens (tertiary/aromatic N) is 3. The Kier molecular flexibility index (Phi) is 12.2. The lowest BCUT2D eigenvalue weighted by atomic mass is 10.2. The first-order chi connectivity index (χ1) is 15.5. The maximum atomic E-state index is 11.6. The van der Waals surface area contributed by atoms with Crippen molar-refractivity contribution in [1.82, 2.24) is 25.3 Å². The Morgan fingerprint density at radius 1 is 0.727 bits per heavy atom. The molecular formula is C18H31N5O10. The van der Waals surface area contributed by atoms with Crippen molar-refractivity contribution in [1.29, 1.82) is 0 Å². The largest absolute Gasteiger partial charge is 0.480 e. The van der Waals surface area contributed by atoms with Crippen LogP contribution >= 0.6 is 0 Å². The molecule has 0 saturated carbocycles. The van der Waals surface area contributed by atoms with E-state index in [4.69, 9.17) is 15.3 Å². The summed E-state index contributed by atoms with van der Waals surface area (Å²) in [5.74, 6) is -7.19. The molecule has 1 fully saturated rings. The molecule has 1 heterocycles. The Morgan fingerprint density at radius 2 is 1.24 bits per heavy atom. The molecule has 0 atom stereocenters. The fourth-order valence-corrected chi connectivity index (χ4v) is 3.37. The van der Waals surface area contributed by atoms with E-state index in [2.05, 4.69) is 10.6 Å². The number of aliphatic carboxylic acids is 5. The minimum absolute atomic E-state index is 0.00272. The van der Waals surface area contributed by atoms with Gasteiger partial charge >= 0.3 is 29.8 Å². The SMILES string of the molecule is O=C(O)CN1CCNCCN(CCNC(C(=O)O)C(=O)O)CCN(C(C(=O)O)C(=O)O)CC1. The van der Waals surface area contributed by atoms with Gasteiger partial charge in [0.1, 0.15) is 0 Å². The standard InChI is InChI=1S/C18H31N5O10/c24-12(25)11-22-5-2-19-1-4-21(6-3-20-13(15(26)27)16(28)29)7-9-23(10-8-22)14(17(30)31)18(32)33/h13-14,19-20H,1-11H2,(H,24,25)(H,26,27)(H,28,29)(H,30,31)(H,32,33). The number of carboxylic acids is 5. The second-order valence-electron chi connectivity index (χ2n) is 7.44. The van der Waals surface area contributed by atoms with Crippen molar-refractivity contribution < 1.29 is 49.5 Å². The molecule has 15 heteroatoms. The Bertz CT molecular complexity index is 678. The van der Waals surface area contributed by atoms with Crippen molar-refractivity contribution in [3.8, 4) is 0 Å². The van der Waals surface area contributed by atoms with Crippen LogP contribution in [0.5, 0.6) is 0 Å². The molecule has 1 rings (SSSR count). The van der Waals surface area contributed by atoms with Crippen LogP contribution < -0.4 is 10.6 Å². The van der Waals surface area contributed by atoms with Gasteiger partial charge < -0.3 is 30.8 Å². The zero-order valence-electron chi connectivity index (χ0n) is 18.1. The van der Waals surface area contributed by atoms with Gasteiger partial charge in [-0.05, 0) is 0 Å². The lowest BCUT2D eigenvalue weighted by Crippen LogP contribution is -2.54. The minimum Gasteiger partial charge on any atom is -0.480 e. The van der Waals surface area contributed by atoms with Crippen LogP contribution in [-0.2, 0) is 24.0 Å². The van der Waals surface area contributed by atoms with Crippen molar-refractivity contribution in [2.75, 3.05) is 72.0 Å². The maximum Gasteiger partial charge on any atom is 0.332 e. The molecule has 1 aliphatic heterocycles. The van der Waals surface area contributed by atoms with Crippen LogP contribution in [-0.4, -0.2) is 154 Å². The zero-order chi connectivity index (χ0) is 25.0. The van der Waals surface area contributed by atoms with E-state index in [9.17, 15) is 34.2 Å². The van der Waals surface area contributed by atoms with Crippen LogP contribution in [0.4, 0.5) is 0 Å². The Hall–Kier alpha value is -2.85. The topological polar surface area (TPSA) is 220 Å². The first kappa shape index (κ1) is 28.2. The fraction of sp³-hybridized carbons (Fsp3) is 0.722. The molecule has 1 aliphatic rings. The quantitative estimate of drug-likeness (QED) is 0.142. The molecular weight excluding hydrogens is 446 g/mol. The lowest BCUT2D eigenvalue weighted by Gasteiger charge is -2.32. The van der Waals surface area contributed by atoms with Gasteiger partial charge in [0.15, 0.2) is 0 Å². The summed E-state index contributed by atoms with van der Waals surface area (Å²) in [5.41, 5.74) is 0. The molecule has 33 heavy (non-hydrogen) atoms. The average molecular weight is 477 g/mol. The molecule has 0 bridgehead atoms. The predicted octanol–water partition coefficient (Wildman–Crippen LogP) is -3.75. The zero-order valence-corrected chi connectivity index (χ0v) is 18.1. The number of rotatable bonds is 11. The van der Waals surface area contributed by atoms with Gasteiger partial charge in [-0.1, -0.05) is 0 Å². The van der Waals surface area contributed by atoms with E-state index in [0.29, 0.717) is 26.2 Å². The van der Waals surface area contributed by atoms with E-state index in [-0.39, 0.29) is 45.8 Å². The highest BCUT2D eigenvalue weighted by molar-refractivity contribution is 5.97. The Labute approximate surface area is 189 Å². The molecule has 0 aromatic carbocycles. The molecule has 0 aromatic heterocycles. The van der Waals surface area contributed by atoms with Crippen LogP contribution in [0.25, 0.3) is 0 Å². The summed E-state index contributed by atoms with van der Waals surface area (Å²) < 4.78 is 0. The van der Waals surface area contributed by atoms with Crippen molar-refractivity contribution in [3.05, 3.63) is 0 Å². The highest BCUT2D eigenvalue weighted by Gasteiger charge is 2.33. The number of hydrogen-bond donors (Lipinski definition) is 7. The second-order valence-corrected chi connectivity index (χ2v) is 7.44. The fourth-order valence-electron chi connectivity index (χ4n) is 3.37. The van der Waals surface area contributed by atoms with Crippen LogP contribution in [0, 0.1) is 0 Å². The molecule has 0 unspecified atom stereocenters. The van der Waals surface area contributed by atoms with Crippen molar-refractivity contribution in [3.63, 3.8) is 0 Å².